The number of carbonyl (C=O) groups is 1. The maximum atomic E-state index is 13.3. The van der Waals surface area contributed by atoms with Gasteiger partial charge in [0.25, 0.3) is 0 Å². The molecule has 0 bridgehead atoms. The van der Waals surface area contributed by atoms with E-state index in [0.29, 0.717) is 38.0 Å². The number of pyridine rings is 1. The van der Waals surface area contributed by atoms with Crippen molar-refractivity contribution in [2.75, 3.05) is 13.1 Å². The van der Waals surface area contributed by atoms with Crippen molar-refractivity contribution in [3.63, 3.8) is 0 Å². The number of rotatable bonds is 5. The first kappa shape index (κ1) is 21.5. The Morgan fingerprint density at radius 1 is 1.06 bits per heavy atom. The highest BCUT2D eigenvalue weighted by Gasteiger charge is 2.33. The van der Waals surface area contributed by atoms with E-state index in [-0.39, 0.29) is 16.7 Å². The Kier molecular flexibility index (Phi) is 6.07. The van der Waals surface area contributed by atoms with Crippen molar-refractivity contribution in [3.05, 3.63) is 71.4 Å². The second-order valence-electron chi connectivity index (χ2n) is 8.22. The van der Waals surface area contributed by atoms with Gasteiger partial charge in [-0.05, 0) is 49.9 Å². The first-order valence-corrected chi connectivity index (χ1v) is 12.0. The molecule has 1 saturated heterocycles. The standard InChI is InChI=1S/C24H27N3O3S/c1-17-6-8-19(9-7-17)16-26-24(28)20-10-12-27(13-11-20)31(29,30)22-5-3-4-21-14-18(2)15-25-23(21)22/h3-9,14-15,20H,10-13,16H2,1-2H3,(H,26,28). The predicted molar refractivity (Wildman–Crippen MR) is 121 cm³/mol. The number of sulfonamides is 1. The van der Waals surface area contributed by atoms with Gasteiger partial charge in [0.15, 0.2) is 0 Å². The van der Waals surface area contributed by atoms with Gasteiger partial charge in [0.1, 0.15) is 4.90 Å². The van der Waals surface area contributed by atoms with Crippen molar-refractivity contribution in [2.45, 2.75) is 38.1 Å². The molecule has 1 amide bonds. The van der Waals surface area contributed by atoms with E-state index in [1.807, 2.05) is 50.2 Å². The molecule has 0 atom stereocenters. The number of benzene rings is 2. The molecule has 2 aromatic carbocycles. The first-order chi connectivity index (χ1) is 14.8. The van der Waals surface area contributed by atoms with Gasteiger partial charge in [-0.2, -0.15) is 4.31 Å². The van der Waals surface area contributed by atoms with Crippen LogP contribution < -0.4 is 5.32 Å². The third kappa shape index (κ3) is 4.62. The molecule has 1 fully saturated rings. The predicted octanol–water partition coefficient (Wildman–Crippen LogP) is 3.57. The smallest absolute Gasteiger partial charge is 0.245 e. The van der Waals surface area contributed by atoms with E-state index in [1.54, 1.807) is 18.3 Å². The number of hydrogen-bond acceptors (Lipinski definition) is 4. The molecule has 2 heterocycles. The van der Waals surface area contributed by atoms with Crippen LogP contribution >= 0.6 is 0 Å². The summed E-state index contributed by atoms with van der Waals surface area (Å²) in [4.78, 5) is 17.2. The molecule has 0 radical (unpaired) electrons. The maximum absolute atomic E-state index is 13.3. The Bertz CT molecular complexity index is 1200. The molecule has 31 heavy (non-hydrogen) atoms. The highest BCUT2D eigenvalue weighted by atomic mass is 32.2. The van der Waals surface area contributed by atoms with Crippen LogP contribution in [0.2, 0.25) is 0 Å². The third-order valence-corrected chi connectivity index (χ3v) is 7.77. The number of piperidine rings is 1. The fourth-order valence-electron chi connectivity index (χ4n) is 3.99. The van der Waals surface area contributed by atoms with Crippen LogP contribution in [0.25, 0.3) is 10.9 Å². The molecular formula is C24H27N3O3S. The largest absolute Gasteiger partial charge is 0.352 e. The molecule has 6 nitrogen and oxygen atoms in total. The minimum Gasteiger partial charge on any atom is -0.352 e. The Balaban J connectivity index is 1.41. The van der Waals surface area contributed by atoms with Crippen LogP contribution in [0.15, 0.2) is 59.6 Å². The van der Waals surface area contributed by atoms with Crippen LogP contribution in [0, 0.1) is 19.8 Å². The molecule has 1 N–H and O–H groups in total. The molecule has 1 aliphatic rings. The lowest BCUT2D eigenvalue weighted by Crippen LogP contribution is -2.42. The quantitative estimate of drug-likeness (QED) is 0.662. The molecule has 0 unspecified atom stereocenters. The lowest BCUT2D eigenvalue weighted by atomic mass is 9.97. The maximum Gasteiger partial charge on any atom is 0.245 e. The van der Waals surface area contributed by atoms with Gasteiger partial charge in [-0.25, -0.2) is 8.42 Å². The summed E-state index contributed by atoms with van der Waals surface area (Å²) >= 11 is 0. The third-order valence-electron chi connectivity index (χ3n) is 5.84. The molecular weight excluding hydrogens is 410 g/mol. The number of carbonyl (C=O) groups excluding carboxylic acids is 1. The summed E-state index contributed by atoms with van der Waals surface area (Å²) in [6.45, 7) is 5.10. The number of nitrogens with one attached hydrogen (secondary N) is 1. The first-order valence-electron chi connectivity index (χ1n) is 10.5. The monoisotopic (exact) mass is 437 g/mol. The van der Waals surface area contributed by atoms with Gasteiger partial charge >= 0.3 is 0 Å². The van der Waals surface area contributed by atoms with Crippen LogP contribution in [0.1, 0.15) is 29.5 Å². The molecule has 1 aliphatic heterocycles. The van der Waals surface area contributed by atoms with E-state index < -0.39 is 10.0 Å². The van der Waals surface area contributed by atoms with Crippen molar-refractivity contribution >= 4 is 26.8 Å². The van der Waals surface area contributed by atoms with Crippen molar-refractivity contribution in [2.24, 2.45) is 5.92 Å². The Morgan fingerprint density at radius 2 is 1.77 bits per heavy atom. The average molecular weight is 438 g/mol. The lowest BCUT2D eigenvalue weighted by Gasteiger charge is -2.30. The van der Waals surface area contributed by atoms with Gasteiger partial charge in [-0.15, -0.1) is 0 Å². The molecule has 0 saturated carbocycles. The molecule has 7 heteroatoms. The van der Waals surface area contributed by atoms with Crippen LogP contribution in [0.4, 0.5) is 0 Å². The number of fused-ring (bicyclic) bond motifs is 1. The van der Waals surface area contributed by atoms with E-state index in [1.165, 1.54) is 9.87 Å². The zero-order valence-electron chi connectivity index (χ0n) is 17.8. The van der Waals surface area contributed by atoms with Gasteiger partial charge in [-0.3, -0.25) is 9.78 Å². The molecule has 162 valence electrons. The number of aromatic nitrogens is 1. The van der Waals surface area contributed by atoms with Gasteiger partial charge in [0.2, 0.25) is 15.9 Å². The Hall–Kier alpha value is -2.77. The van der Waals surface area contributed by atoms with E-state index >= 15 is 0 Å². The molecule has 0 aliphatic carbocycles. The average Bonchev–Trinajstić information content (AvgIpc) is 2.78. The topological polar surface area (TPSA) is 79.4 Å². The zero-order chi connectivity index (χ0) is 22.0. The van der Waals surface area contributed by atoms with E-state index in [0.717, 1.165) is 16.5 Å². The van der Waals surface area contributed by atoms with Gasteiger partial charge in [-0.1, -0.05) is 42.0 Å². The summed E-state index contributed by atoms with van der Waals surface area (Å²) in [6, 6.07) is 15.2. The van der Waals surface area contributed by atoms with Crippen LogP contribution in [0.3, 0.4) is 0 Å². The van der Waals surface area contributed by atoms with Gasteiger partial charge < -0.3 is 5.32 Å². The fourth-order valence-corrected chi connectivity index (χ4v) is 5.62. The van der Waals surface area contributed by atoms with Crippen LogP contribution in [0.5, 0.6) is 0 Å². The number of para-hydroxylation sites is 1. The highest BCUT2D eigenvalue weighted by Crippen LogP contribution is 2.28. The summed E-state index contributed by atoms with van der Waals surface area (Å²) in [6.07, 6.45) is 2.71. The van der Waals surface area contributed by atoms with Crippen molar-refractivity contribution in [3.8, 4) is 0 Å². The van der Waals surface area contributed by atoms with Crippen molar-refractivity contribution in [1.82, 2.24) is 14.6 Å². The summed E-state index contributed by atoms with van der Waals surface area (Å²) < 4.78 is 28.1. The van der Waals surface area contributed by atoms with Gasteiger partial charge in [0, 0.05) is 37.1 Å². The minimum absolute atomic E-state index is 0.0140. The number of hydrogen-bond donors (Lipinski definition) is 1. The Morgan fingerprint density at radius 3 is 2.48 bits per heavy atom. The highest BCUT2D eigenvalue weighted by molar-refractivity contribution is 7.89. The molecule has 0 spiro atoms. The number of nitrogens with zero attached hydrogens (tertiary/aromatic N) is 2. The van der Waals surface area contributed by atoms with Crippen molar-refractivity contribution in [1.29, 1.82) is 0 Å². The lowest BCUT2D eigenvalue weighted by molar-refractivity contribution is -0.126. The second kappa shape index (κ2) is 8.77. The van der Waals surface area contributed by atoms with Crippen LogP contribution in [-0.2, 0) is 21.4 Å². The van der Waals surface area contributed by atoms with E-state index in [4.69, 9.17) is 0 Å². The van der Waals surface area contributed by atoms with Gasteiger partial charge in [0.05, 0.1) is 5.52 Å². The number of aryl methyl sites for hydroxylation is 2. The minimum atomic E-state index is -3.67. The summed E-state index contributed by atoms with van der Waals surface area (Å²) in [5.41, 5.74) is 3.71. The summed E-state index contributed by atoms with van der Waals surface area (Å²) in [7, 11) is -3.67. The number of amides is 1. The zero-order valence-corrected chi connectivity index (χ0v) is 18.7. The molecule has 1 aromatic heterocycles. The normalized spacial score (nSPS) is 15.8. The van der Waals surface area contributed by atoms with E-state index in [2.05, 4.69) is 10.3 Å². The molecule has 3 aromatic rings. The summed E-state index contributed by atoms with van der Waals surface area (Å²) in [5, 5.41) is 3.80. The van der Waals surface area contributed by atoms with Crippen LogP contribution in [-0.4, -0.2) is 36.7 Å². The second-order valence-corrected chi connectivity index (χ2v) is 10.1. The summed E-state index contributed by atoms with van der Waals surface area (Å²) in [5.74, 6) is -0.190. The van der Waals surface area contributed by atoms with E-state index in [9.17, 15) is 13.2 Å². The molecule has 4 rings (SSSR count). The SMILES string of the molecule is Cc1ccc(CNC(=O)C2CCN(S(=O)(=O)c3cccc4cc(C)cnc34)CC2)cc1. The Labute approximate surface area is 183 Å². The fraction of sp³-hybridized carbons (Fsp3) is 0.333. The van der Waals surface area contributed by atoms with Crippen molar-refractivity contribution < 1.29 is 13.2 Å².